The first-order valence-electron chi connectivity index (χ1n) is 7.37. The van der Waals surface area contributed by atoms with Crippen LogP contribution in [0, 0.1) is 0 Å². The van der Waals surface area contributed by atoms with E-state index in [1.54, 1.807) is 13.0 Å². The van der Waals surface area contributed by atoms with Crippen LogP contribution in [0.1, 0.15) is 37.8 Å². The number of rotatable bonds is 4. The third-order valence-electron chi connectivity index (χ3n) is 4.25. The molecule has 0 saturated carbocycles. The lowest BCUT2D eigenvalue weighted by molar-refractivity contribution is -0.112. The molecule has 0 aromatic heterocycles. The third-order valence-corrected chi connectivity index (χ3v) is 4.25. The van der Waals surface area contributed by atoms with E-state index < -0.39 is 0 Å². The van der Waals surface area contributed by atoms with Crippen molar-refractivity contribution in [2.75, 3.05) is 6.61 Å². The number of ketones is 1. The summed E-state index contributed by atoms with van der Waals surface area (Å²) in [6.07, 6.45) is 7.13. The number of allylic oxidation sites excluding steroid dienone is 1. The molecule has 1 aromatic rings. The SMILES string of the molecule is CC(=O)/C=C/C[C@H]1CC[C@@H]2OC[C@@H](c3ccccc3)N12. The van der Waals surface area contributed by atoms with Crippen LogP contribution in [-0.2, 0) is 9.53 Å². The van der Waals surface area contributed by atoms with Gasteiger partial charge >= 0.3 is 0 Å². The molecule has 0 bridgehead atoms. The van der Waals surface area contributed by atoms with Crippen LogP contribution in [-0.4, -0.2) is 29.6 Å². The molecular formula is C17H21NO2. The number of nitrogens with zero attached hydrogens (tertiary/aromatic N) is 1. The van der Waals surface area contributed by atoms with Crippen molar-refractivity contribution in [3.05, 3.63) is 48.0 Å². The quantitative estimate of drug-likeness (QED) is 0.788. The Hall–Kier alpha value is -1.45. The predicted molar refractivity (Wildman–Crippen MR) is 78.2 cm³/mol. The molecule has 2 heterocycles. The van der Waals surface area contributed by atoms with Gasteiger partial charge in [0.1, 0.15) is 6.23 Å². The summed E-state index contributed by atoms with van der Waals surface area (Å²) < 4.78 is 5.94. The van der Waals surface area contributed by atoms with Crippen molar-refractivity contribution in [3.63, 3.8) is 0 Å². The smallest absolute Gasteiger partial charge is 0.152 e. The monoisotopic (exact) mass is 271 g/mol. The minimum Gasteiger partial charge on any atom is -0.361 e. The molecule has 3 heteroatoms. The average Bonchev–Trinajstić information content (AvgIpc) is 3.02. The molecule has 1 aromatic carbocycles. The Bertz CT molecular complexity index is 497. The van der Waals surface area contributed by atoms with E-state index in [4.69, 9.17) is 4.74 Å². The molecule has 106 valence electrons. The summed E-state index contributed by atoms with van der Waals surface area (Å²) >= 11 is 0. The minimum absolute atomic E-state index is 0.122. The molecule has 0 unspecified atom stereocenters. The lowest BCUT2D eigenvalue weighted by atomic mass is 10.0. The molecule has 3 rings (SSSR count). The van der Waals surface area contributed by atoms with Gasteiger partial charge in [0.15, 0.2) is 5.78 Å². The van der Waals surface area contributed by atoms with Crippen molar-refractivity contribution in [2.45, 2.75) is 44.5 Å². The Kier molecular flexibility index (Phi) is 3.99. The maximum atomic E-state index is 11.0. The molecule has 0 amide bonds. The summed E-state index contributed by atoms with van der Waals surface area (Å²) in [6, 6.07) is 11.4. The van der Waals surface area contributed by atoms with E-state index >= 15 is 0 Å². The van der Waals surface area contributed by atoms with Gasteiger partial charge in [-0.05, 0) is 37.8 Å². The van der Waals surface area contributed by atoms with Crippen LogP contribution in [0.25, 0.3) is 0 Å². The lowest BCUT2D eigenvalue weighted by Crippen LogP contribution is -2.34. The first kappa shape index (κ1) is 13.5. The van der Waals surface area contributed by atoms with Gasteiger partial charge < -0.3 is 4.74 Å². The van der Waals surface area contributed by atoms with Crippen LogP contribution in [0.4, 0.5) is 0 Å². The summed E-state index contributed by atoms with van der Waals surface area (Å²) in [4.78, 5) is 13.5. The molecule has 2 aliphatic heterocycles. The van der Waals surface area contributed by atoms with Gasteiger partial charge in [0.2, 0.25) is 0 Å². The standard InChI is InChI=1S/C17H21NO2/c1-13(19)6-5-9-15-10-11-17-18(15)16(12-20-17)14-7-3-2-4-8-14/h2-8,15-17H,9-12H2,1H3/b6-5+/t15-,16-,17-/m0/s1. The van der Waals surface area contributed by atoms with Gasteiger partial charge in [0, 0.05) is 6.04 Å². The maximum Gasteiger partial charge on any atom is 0.152 e. The first-order valence-corrected chi connectivity index (χ1v) is 7.37. The second-order valence-electron chi connectivity index (χ2n) is 5.64. The van der Waals surface area contributed by atoms with Crippen LogP contribution in [0.3, 0.4) is 0 Å². The highest BCUT2D eigenvalue weighted by Gasteiger charge is 2.43. The number of hydrogen-bond acceptors (Lipinski definition) is 3. The Labute approximate surface area is 120 Å². The number of carbonyl (C=O) groups is 1. The van der Waals surface area contributed by atoms with E-state index in [0.29, 0.717) is 12.1 Å². The largest absolute Gasteiger partial charge is 0.361 e. The van der Waals surface area contributed by atoms with Crippen LogP contribution in [0.15, 0.2) is 42.5 Å². The maximum absolute atomic E-state index is 11.0. The summed E-state index contributed by atoms with van der Waals surface area (Å²) in [5.74, 6) is 0.122. The van der Waals surface area contributed by atoms with E-state index in [1.165, 1.54) is 5.56 Å². The van der Waals surface area contributed by atoms with Gasteiger partial charge in [-0.15, -0.1) is 0 Å². The Balaban J connectivity index is 1.73. The Morgan fingerprint density at radius 1 is 1.35 bits per heavy atom. The molecule has 2 aliphatic rings. The van der Waals surface area contributed by atoms with E-state index in [-0.39, 0.29) is 12.0 Å². The topological polar surface area (TPSA) is 29.5 Å². The minimum atomic E-state index is 0.122. The molecule has 0 N–H and O–H groups in total. The molecule has 2 fully saturated rings. The Morgan fingerprint density at radius 3 is 2.90 bits per heavy atom. The van der Waals surface area contributed by atoms with Gasteiger partial charge in [-0.25, -0.2) is 0 Å². The molecule has 2 saturated heterocycles. The van der Waals surface area contributed by atoms with E-state index in [0.717, 1.165) is 25.9 Å². The second kappa shape index (κ2) is 5.90. The highest BCUT2D eigenvalue weighted by atomic mass is 16.5. The summed E-state index contributed by atoms with van der Waals surface area (Å²) in [6.45, 7) is 2.38. The van der Waals surface area contributed by atoms with Crippen LogP contribution in [0.2, 0.25) is 0 Å². The summed E-state index contributed by atoms with van der Waals surface area (Å²) in [5, 5.41) is 0. The number of ether oxygens (including phenoxy) is 1. The second-order valence-corrected chi connectivity index (χ2v) is 5.64. The zero-order valence-corrected chi connectivity index (χ0v) is 11.9. The normalized spacial score (nSPS) is 29.9. The van der Waals surface area contributed by atoms with Crippen molar-refractivity contribution < 1.29 is 9.53 Å². The van der Waals surface area contributed by atoms with Gasteiger partial charge in [-0.3, -0.25) is 9.69 Å². The van der Waals surface area contributed by atoms with E-state index in [2.05, 4.69) is 29.2 Å². The van der Waals surface area contributed by atoms with Crippen molar-refractivity contribution in [3.8, 4) is 0 Å². The fourth-order valence-corrected chi connectivity index (χ4v) is 3.36. The molecule has 0 spiro atoms. The highest BCUT2D eigenvalue weighted by molar-refractivity contribution is 5.87. The summed E-state index contributed by atoms with van der Waals surface area (Å²) in [5.41, 5.74) is 1.33. The molecule has 0 radical (unpaired) electrons. The summed E-state index contributed by atoms with van der Waals surface area (Å²) in [7, 11) is 0. The van der Waals surface area contributed by atoms with E-state index in [1.807, 2.05) is 12.1 Å². The van der Waals surface area contributed by atoms with Crippen molar-refractivity contribution in [2.24, 2.45) is 0 Å². The zero-order valence-electron chi connectivity index (χ0n) is 11.9. The van der Waals surface area contributed by atoms with Crippen LogP contribution in [0.5, 0.6) is 0 Å². The lowest BCUT2D eigenvalue weighted by Gasteiger charge is -2.28. The molecular weight excluding hydrogens is 250 g/mol. The van der Waals surface area contributed by atoms with Crippen molar-refractivity contribution in [1.82, 2.24) is 4.90 Å². The predicted octanol–water partition coefficient (Wildman–Crippen LogP) is 3.08. The fourth-order valence-electron chi connectivity index (χ4n) is 3.36. The van der Waals surface area contributed by atoms with Gasteiger partial charge in [-0.1, -0.05) is 36.4 Å². The highest BCUT2D eigenvalue weighted by Crippen LogP contribution is 2.40. The number of benzene rings is 1. The Morgan fingerprint density at radius 2 is 2.15 bits per heavy atom. The number of carbonyl (C=O) groups excluding carboxylic acids is 1. The van der Waals surface area contributed by atoms with Crippen LogP contribution >= 0.6 is 0 Å². The third kappa shape index (κ3) is 2.69. The molecule has 0 aliphatic carbocycles. The van der Waals surface area contributed by atoms with Gasteiger partial charge in [0.05, 0.1) is 12.6 Å². The first-order chi connectivity index (χ1) is 9.75. The molecule has 20 heavy (non-hydrogen) atoms. The number of hydrogen-bond donors (Lipinski definition) is 0. The van der Waals surface area contributed by atoms with Crippen molar-refractivity contribution >= 4 is 5.78 Å². The van der Waals surface area contributed by atoms with Crippen molar-refractivity contribution in [1.29, 1.82) is 0 Å². The molecule has 3 nitrogen and oxygen atoms in total. The zero-order chi connectivity index (χ0) is 13.9. The van der Waals surface area contributed by atoms with Crippen LogP contribution < -0.4 is 0 Å². The van der Waals surface area contributed by atoms with E-state index in [9.17, 15) is 4.79 Å². The average molecular weight is 271 g/mol. The van der Waals surface area contributed by atoms with Gasteiger partial charge in [-0.2, -0.15) is 0 Å². The number of fused-ring (bicyclic) bond motifs is 1. The molecule has 3 atom stereocenters. The van der Waals surface area contributed by atoms with Gasteiger partial charge in [0.25, 0.3) is 0 Å². The fraction of sp³-hybridized carbons (Fsp3) is 0.471.